The third-order valence-electron chi connectivity index (χ3n) is 2.35. The number of hydrogen-bond donors (Lipinski definition) is 1. The highest BCUT2D eigenvalue weighted by Crippen LogP contribution is 2.16. The molecule has 0 spiro atoms. The van der Waals surface area contributed by atoms with Crippen LogP contribution >= 0.6 is 0 Å². The van der Waals surface area contributed by atoms with Gasteiger partial charge in [0.05, 0.1) is 11.6 Å². The van der Waals surface area contributed by atoms with E-state index in [1.807, 2.05) is 6.07 Å². The van der Waals surface area contributed by atoms with E-state index in [9.17, 15) is 4.39 Å². The van der Waals surface area contributed by atoms with Crippen molar-refractivity contribution in [3.8, 4) is 11.8 Å². The third kappa shape index (κ3) is 2.98. The SMILES string of the molecule is N#Cc1cccc(OCc2cc(N)cc(F)c2)c1. The predicted molar refractivity (Wildman–Crippen MR) is 66.3 cm³/mol. The van der Waals surface area contributed by atoms with Crippen molar-refractivity contribution < 1.29 is 9.13 Å². The van der Waals surface area contributed by atoms with E-state index in [4.69, 9.17) is 15.7 Å². The van der Waals surface area contributed by atoms with Crippen LogP contribution in [0.15, 0.2) is 42.5 Å². The van der Waals surface area contributed by atoms with Gasteiger partial charge >= 0.3 is 0 Å². The fourth-order valence-corrected chi connectivity index (χ4v) is 1.58. The van der Waals surface area contributed by atoms with Crippen LogP contribution in [0.25, 0.3) is 0 Å². The van der Waals surface area contributed by atoms with Gasteiger partial charge in [0, 0.05) is 5.69 Å². The second-order valence-corrected chi connectivity index (χ2v) is 3.82. The molecule has 0 unspecified atom stereocenters. The van der Waals surface area contributed by atoms with E-state index in [0.29, 0.717) is 22.6 Å². The quantitative estimate of drug-likeness (QED) is 0.842. The van der Waals surface area contributed by atoms with Crippen molar-refractivity contribution in [3.63, 3.8) is 0 Å². The van der Waals surface area contributed by atoms with E-state index in [2.05, 4.69) is 0 Å². The normalized spacial score (nSPS) is 9.78. The van der Waals surface area contributed by atoms with Crippen LogP contribution in [-0.4, -0.2) is 0 Å². The molecule has 0 amide bonds. The van der Waals surface area contributed by atoms with Crippen molar-refractivity contribution in [1.29, 1.82) is 5.26 Å². The zero-order valence-electron chi connectivity index (χ0n) is 9.56. The molecule has 0 saturated carbocycles. The number of nitrogens with two attached hydrogens (primary N) is 1. The highest BCUT2D eigenvalue weighted by Gasteiger charge is 2.01. The van der Waals surface area contributed by atoms with Gasteiger partial charge in [-0.3, -0.25) is 0 Å². The second kappa shape index (κ2) is 5.19. The van der Waals surface area contributed by atoms with Gasteiger partial charge in [-0.15, -0.1) is 0 Å². The Morgan fingerprint density at radius 1 is 1.22 bits per heavy atom. The summed E-state index contributed by atoms with van der Waals surface area (Å²) in [6.45, 7) is 0.205. The number of nitrogen functional groups attached to an aromatic ring is 1. The first-order chi connectivity index (χ1) is 8.67. The molecule has 2 N–H and O–H groups in total. The lowest BCUT2D eigenvalue weighted by molar-refractivity contribution is 0.305. The summed E-state index contributed by atoms with van der Waals surface area (Å²) in [4.78, 5) is 0. The molecule has 0 aliphatic heterocycles. The fraction of sp³-hybridized carbons (Fsp3) is 0.0714. The average molecular weight is 242 g/mol. The zero-order valence-corrected chi connectivity index (χ0v) is 9.56. The molecule has 2 aromatic rings. The number of nitrogens with zero attached hydrogens (tertiary/aromatic N) is 1. The summed E-state index contributed by atoms with van der Waals surface area (Å²) >= 11 is 0. The van der Waals surface area contributed by atoms with Crippen molar-refractivity contribution in [1.82, 2.24) is 0 Å². The molecule has 90 valence electrons. The maximum absolute atomic E-state index is 13.1. The van der Waals surface area contributed by atoms with E-state index in [1.165, 1.54) is 12.1 Å². The summed E-state index contributed by atoms with van der Waals surface area (Å²) in [6, 6.07) is 13.1. The van der Waals surface area contributed by atoms with Crippen LogP contribution in [0.2, 0.25) is 0 Å². The van der Waals surface area contributed by atoms with Crippen molar-refractivity contribution in [2.24, 2.45) is 0 Å². The fourth-order valence-electron chi connectivity index (χ4n) is 1.58. The molecule has 0 atom stereocenters. The first kappa shape index (κ1) is 11.9. The van der Waals surface area contributed by atoms with Crippen LogP contribution in [0.4, 0.5) is 10.1 Å². The second-order valence-electron chi connectivity index (χ2n) is 3.82. The van der Waals surface area contributed by atoms with Gasteiger partial charge in [-0.1, -0.05) is 6.07 Å². The molecular formula is C14H11FN2O. The summed E-state index contributed by atoms with van der Waals surface area (Å²) in [5.41, 5.74) is 7.06. The Kier molecular flexibility index (Phi) is 3.44. The number of benzene rings is 2. The zero-order chi connectivity index (χ0) is 13.0. The number of ether oxygens (including phenoxy) is 1. The molecule has 0 fully saturated rings. The predicted octanol–water partition coefficient (Wildman–Crippen LogP) is 2.86. The molecule has 0 radical (unpaired) electrons. The Balaban J connectivity index is 2.09. The summed E-state index contributed by atoms with van der Waals surface area (Å²) in [6.07, 6.45) is 0. The van der Waals surface area contributed by atoms with Gasteiger partial charge in [-0.2, -0.15) is 5.26 Å². The molecular weight excluding hydrogens is 231 g/mol. The molecule has 3 nitrogen and oxygen atoms in total. The van der Waals surface area contributed by atoms with E-state index >= 15 is 0 Å². The number of rotatable bonds is 3. The highest BCUT2D eigenvalue weighted by atomic mass is 19.1. The van der Waals surface area contributed by atoms with Gasteiger partial charge in [0.15, 0.2) is 0 Å². The van der Waals surface area contributed by atoms with Crippen molar-refractivity contribution >= 4 is 5.69 Å². The van der Waals surface area contributed by atoms with Crippen molar-refractivity contribution in [2.75, 3.05) is 5.73 Å². The van der Waals surface area contributed by atoms with Gasteiger partial charge < -0.3 is 10.5 Å². The maximum atomic E-state index is 13.1. The van der Waals surface area contributed by atoms with E-state index in [1.54, 1.807) is 30.3 Å². The first-order valence-corrected chi connectivity index (χ1v) is 5.35. The summed E-state index contributed by atoms with van der Waals surface area (Å²) in [5.74, 6) is 0.177. The van der Waals surface area contributed by atoms with Crippen LogP contribution in [0.3, 0.4) is 0 Å². The van der Waals surface area contributed by atoms with E-state index in [-0.39, 0.29) is 12.4 Å². The number of nitriles is 1. The molecule has 0 saturated heterocycles. The Bertz CT molecular complexity index is 585. The van der Waals surface area contributed by atoms with E-state index < -0.39 is 0 Å². The minimum Gasteiger partial charge on any atom is -0.489 e. The Morgan fingerprint density at radius 2 is 2.06 bits per heavy atom. The van der Waals surface area contributed by atoms with E-state index in [0.717, 1.165) is 0 Å². The summed E-state index contributed by atoms with van der Waals surface area (Å²) in [7, 11) is 0. The number of halogens is 1. The van der Waals surface area contributed by atoms with Gasteiger partial charge in [0.1, 0.15) is 18.2 Å². The molecule has 2 aromatic carbocycles. The van der Waals surface area contributed by atoms with Crippen LogP contribution < -0.4 is 10.5 Å². The largest absolute Gasteiger partial charge is 0.489 e. The third-order valence-corrected chi connectivity index (χ3v) is 2.35. The minimum atomic E-state index is -0.389. The monoisotopic (exact) mass is 242 g/mol. The molecule has 0 aliphatic rings. The topological polar surface area (TPSA) is 59.0 Å². The number of hydrogen-bond acceptors (Lipinski definition) is 3. The molecule has 18 heavy (non-hydrogen) atoms. The van der Waals surface area contributed by atoms with Gasteiger partial charge in [-0.25, -0.2) is 4.39 Å². The Morgan fingerprint density at radius 3 is 2.78 bits per heavy atom. The van der Waals surface area contributed by atoms with Gasteiger partial charge in [-0.05, 0) is 42.0 Å². The molecule has 0 heterocycles. The van der Waals surface area contributed by atoms with Crippen molar-refractivity contribution in [2.45, 2.75) is 6.61 Å². The van der Waals surface area contributed by atoms with Crippen LogP contribution in [0, 0.1) is 17.1 Å². The molecule has 2 rings (SSSR count). The molecule has 0 bridgehead atoms. The Hall–Kier alpha value is -2.54. The van der Waals surface area contributed by atoms with Crippen LogP contribution in [0.1, 0.15) is 11.1 Å². The van der Waals surface area contributed by atoms with Crippen molar-refractivity contribution in [3.05, 3.63) is 59.4 Å². The molecule has 0 aromatic heterocycles. The Labute approximate surface area is 104 Å². The lowest BCUT2D eigenvalue weighted by Crippen LogP contribution is -1.98. The van der Waals surface area contributed by atoms with Crippen LogP contribution in [-0.2, 0) is 6.61 Å². The number of anilines is 1. The highest BCUT2D eigenvalue weighted by molar-refractivity contribution is 5.41. The van der Waals surface area contributed by atoms with Gasteiger partial charge in [0.25, 0.3) is 0 Å². The molecule has 4 heteroatoms. The first-order valence-electron chi connectivity index (χ1n) is 5.35. The maximum Gasteiger partial charge on any atom is 0.125 e. The lowest BCUT2D eigenvalue weighted by Gasteiger charge is -2.07. The lowest BCUT2D eigenvalue weighted by atomic mass is 10.2. The summed E-state index contributed by atoms with van der Waals surface area (Å²) in [5, 5.41) is 8.75. The average Bonchev–Trinajstić information content (AvgIpc) is 2.35. The standard InChI is InChI=1S/C14H11FN2O/c15-12-4-11(5-13(17)7-12)9-18-14-3-1-2-10(6-14)8-16/h1-7H,9,17H2. The van der Waals surface area contributed by atoms with Crippen LogP contribution in [0.5, 0.6) is 5.75 Å². The minimum absolute atomic E-state index is 0.205. The summed E-state index contributed by atoms with van der Waals surface area (Å²) < 4.78 is 18.6. The smallest absolute Gasteiger partial charge is 0.125 e. The van der Waals surface area contributed by atoms with Gasteiger partial charge in [0.2, 0.25) is 0 Å². The molecule has 0 aliphatic carbocycles.